The molecule has 0 aromatic rings. The van der Waals surface area contributed by atoms with Crippen LogP contribution in [0.5, 0.6) is 0 Å². The van der Waals surface area contributed by atoms with Crippen molar-refractivity contribution >= 4 is 0 Å². The number of hydrogen-bond donors (Lipinski definition) is 2. The molecule has 0 aliphatic carbocycles. The van der Waals surface area contributed by atoms with Crippen LogP contribution in [0.15, 0.2) is 53.0 Å². The van der Waals surface area contributed by atoms with Gasteiger partial charge in [0.1, 0.15) is 0 Å². The van der Waals surface area contributed by atoms with Crippen LogP contribution in [0.4, 0.5) is 0 Å². The van der Waals surface area contributed by atoms with Crippen molar-refractivity contribution in [3.8, 4) is 0 Å². The predicted octanol–water partition coefficient (Wildman–Crippen LogP) is 2.53. The maximum atomic E-state index is 3.48. The average Bonchev–Trinajstić information content (AvgIpc) is 2.59. The molecular formula is C2H8CuN10+4. The molecule has 2 aliphatic rings. The number of hydrogen-bond acceptors (Lipinski definition) is 8. The molecule has 8 N–H and O–H groups in total. The normalized spacial score (nSPS) is 15.4. The van der Waals surface area contributed by atoms with Gasteiger partial charge in [0.25, 0.3) is 0 Å². The predicted molar refractivity (Wildman–Crippen MR) is 38.4 cm³/mol. The smallest absolute Gasteiger partial charge is 0.369 e. The van der Waals surface area contributed by atoms with Crippen LogP contribution in [-0.4, -0.2) is 0 Å². The van der Waals surface area contributed by atoms with Gasteiger partial charge < -0.3 is 12.3 Å². The Labute approximate surface area is 83.0 Å². The summed E-state index contributed by atoms with van der Waals surface area (Å²) in [6.07, 6.45) is 0. The van der Waals surface area contributed by atoms with Crippen LogP contribution in [0.1, 0.15) is 0 Å². The molecule has 2 rings (SSSR count). The van der Waals surface area contributed by atoms with Crippen molar-refractivity contribution in [3.05, 3.63) is 11.6 Å². The van der Waals surface area contributed by atoms with Crippen LogP contribution in [0.25, 0.3) is 0 Å². The SMILES string of the molecule is N1=NC(=C2N=NN=N2)N=N1.[Cu+2].[NH4+].[NH4+]. The van der Waals surface area contributed by atoms with E-state index in [9.17, 15) is 0 Å². The van der Waals surface area contributed by atoms with E-state index in [2.05, 4.69) is 41.4 Å². The molecular weight excluding hydrogens is 228 g/mol. The summed E-state index contributed by atoms with van der Waals surface area (Å²) in [7, 11) is 0. The Bertz CT molecular complexity index is 238. The van der Waals surface area contributed by atoms with E-state index in [1.165, 1.54) is 0 Å². The van der Waals surface area contributed by atoms with E-state index in [0.717, 1.165) is 0 Å². The zero-order chi connectivity index (χ0) is 6.81. The van der Waals surface area contributed by atoms with Crippen molar-refractivity contribution in [1.82, 2.24) is 12.3 Å². The molecule has 1 radical (unpaired) electrons. The molecule has 0 aromatic heterocycles. The molecule has 10 nitrogen and oxygen atoms in total. The summed E-state index contributed by atoms with van der Waals surface area (Å²) >= 11 is 0. The van der Waals surface area contributed by atoms with Crippen molar-refractivity contribution in [2.75, 3.05) is 0 Å². The van der Waals surface area contributed by atoms with Gasteiger partial charge in [-0.3, -0.25) is 0 Å². The van der Waals surface area contributed by atoms with Crippen LogP contribution in [0.2, 0.25) is 0 Å². The standard InChI is InChI=1S/C2N8.Cu.2H3N/c3-1(4-8-7-3)2-5-9-10-6-2;;;/h;;2*1H3/q;+2;;/p+2. The van der Waals surface area contributed by atoms with Gasteiger partial charge in [-0.2, -0.15) is 0 Å². The van der Waals surface area contributed by atoms with Crippen LogP contribution in [0.3, 0.4) is 0 Å². The third kappa shape index (κ3) is 2.83. The maximum absolute atomic E-state index is 3.48. The van der Waals surface area contributed by atoms with Crippen molar-refractivity contribution < 1.29 is 17.1 Å². The molecule has 0 amide bonds. The minimum Gasteiger partial charge on any atom is -0.369 e. The molecule has 0 saturated heterocycles. The second-order valence-corrected chi connectivity index (χ2v) is 1.40. The molecule has 0 bridgehead atoms. The average molecular weight is 236 g/mol. The van der Waals surface area contributed by atoms with Crippen molar-refractivity contribution in [2.24, 2.45) is 41.4 Å². The molecule has 0 saturated carbocycles. The van der Waals surface area contributed by atoms with Gasteiger partial charge in [0.15, 0.2) is 0 Å². The van der Waals surface area contributed by atoms with E-state index in [0.29, 0.717) is 0 Å². The summed E-state index contributed by atoms with van der Waals surface area (Å²) in [5.74, 6) is 0.481. The molecule has 2 aliphatic heterocycles. The minimum atomic E-state index is 0. The van der Waals surface area contributed by atoms with Gasteiger partial charge in [0.2, 0.25) is 11.6 Å². The van der Waals surface area contributed by atoms with Crippen LogP contribution in [-0.2, 0) is 17.1 Å². The summed E-state index contributed by atoms with van der Waals surface area (Å²) < 4.78 is 0. The monoisotopic (exact) mass is 235 g/mol. The molecule has 0 aromatic carbocycles. The molecule has 0 fully saturated rings. The summed E-state index contributed by atoms with van der Waals surface area (Å²) in [6.45, 7) is 0. The first-order valence-corrected chi connectivity index (χ1v) is 2.34. The van der Waals surface area contributed by atoms with E-state index < -0.39 is 0 Å². The largest absolute Gasteiger partial charge is 2.00 e. The topological polar surface area (TPSA) is 172 Å². The van der Waals surface area contributed by atoms with E-state index in [-0.39, 0.29) is 41.0 Å². The van der Waals surface area contributed by atoms with Gasteiger partial charge in [-0.05, 0) is 20.9 Å². The Morgan fingerprint density at radius 3 is 1.00 bits per heavy atom. The van der Waals surface area contributed by atoms with Gasteiger partial charge in [0, 0.05) is 0 Å². The minimum absolute atomic E-state index is 0. The van der Waals surface area contributed by atoms with Gasteiger partial charge in [-0.1, -0.05) is 0 Å². The van der Waals surface area contributed by atoms with Crippen LogP contribution < -0.4 is 12.3 Å². The van der Waals surface area contributed by atoms with Crippen molar-refractivity contribution in [3.63, 3.8) is 0 Å². The van der Waals surface area contributed by atoms with E-state index in [1.807, 2.05) is 0 Å². The number of nitrogens with zero attached hydrogens (tertiary/aromatic N) is 8. The first kappa shape index (κ1) is 14.1. The quantitative estimate of drug-likeness (QED) is 0.588. The molecule has 11 heteroatoms. The zero-order valence-corrected chi connectivity index (χ0v) is 7.82. The zero-order valence-electron chi connectivity index (χ0n) is 6.88. The van der Waals surface area contributed by atoms with E-state index in [4.69, 9.17) is 0 Å². The Morgan fingerprint density at radius 2 is 0.769 bits per heavy atom. The summed E-state index contributed by atoms with van der Waals surface area (Å²) in [4.78, 5) is 0. The van der Waals surface area contributed by atoms with Crippen molar-refractivity contribution in [1.29, 1.82) is 0 Å². The first-order chi connectivity index (χ1) is 4.97. The Morgan fingerprint density at radius 1 is 0.538 bits per heavy atom. The molecule has 73 valence electrons. The number of rotatable bonds is 0. The summed E-state index contributed by atoms with van der Waals surface area (Å²) in [5.41, 5.74) is 0. The fraction of sp³-hybridized carbons (Fsp3) is 0. The number of quaternary nitrogens is 2. The molecule has 0 spiro atoms. The molecule has 13 heavy (non-hydrogen) atoms. The Hall–Kier alpha value is -1.42. The van der Waals surface area contributed by atoms with Crippen LogP contribution in [0, 0.1) is 0 Å². The fourth-order valence-electron chi connectivity index (χ4n) is 0.468. The van der Waals surface area contributed by atoms with Gasteiger partial charge in [-0.15, -0.1) is 20.5 Å². The molecule has 0 atom stereocenters. The molecule has 2 heterocycles. The molecule has 0 unspecified atom stereocenters. The van der Waals surface area contributed by atoms with Gasteiger partial charge in [-0.25, -0.2) is 0 Å². The van der Waals surface area contributed by atoms with Crippen molar-refractivity contribution in [2.45, 2.75) is 0 Å². The Balaban J connectivity index is 0. The third-order valence-electron chi connectivity index (χ3n) is 0.838. The second kappa shape index (κ2) is 6.14. The second-order valence-electron chi connectivity index (χ2n) is 1.40. The summed E-state index contributed by atoms with van der Waals surface area (Å²) in [6, 6.07) is 0. The van der Waals surface area contributed by atoms with Gasteiger partial charge >= 0.3 is 17.1 Å². The Kier molecular flexibility index (Phi) is 6.67. The maximum Gasteiger partial charge on any atom is 2.00 e. The van der Waals surface area contributed by atoms with Crippen LogP contribution >= 0.6 is 0 Å². The van der Waals surface area contributed by atoms with E-state index >= 15 is 0 Å². The van der Waals surface area contributed by atoms with Gasteiger partial charge in [0.05, 0.1) is 0 Å². The summed E-state index contributed by atoms with van der Waals surface area (Å²) in [5, 5.41) is 26.9. The fourth-order valence-corrected chi connectivity index (χ4v) is 0.468. The third-order valence-corrected chi connectivity index (χ3v) is 0.838. The van der Waals surface area contributed by atoms with E-state index in [1.54, 1.807) is 0 Å². The first-order valence-electron chi connectivity index (χ1n) is 2.34.